The summed E-state index contributed by atoms with van der Waals surface area (Å²) in [6.07, 6.45) is -7.99. The first-order valence-corrected chi connectivity index (χ1v) is 8.23. The van der Waals surface area contributed by atoms with Gasteiger partial charge in [-0.1, -0.05) is 0 Å². The van der Waals surface area contributed by atoms with Crippen molar-refractivity contribution in [2.75, 3.05) is 0 Å². The predicted molar refractivity (Wildman–Crippen MR) is 83.2 cm³/mol. The second kappa shape index (κ2) is 5.61. The zero-order valence-corrected chi connectivity index (χ0v) is 14.6. The van der Waals surface area contributed by atoms with Crippen LogP contribution in [0.4, 0.5) is 13.2 Å². The minimum Gasteiger partial charge on any atom is -0.357 e. The fourth-order valence-corrected chi connectivity index (χ4v) is 3.59. The molecule has 0 saturated carbocycles. The largest absolute Gasteiger partial charge is 0.445 e. The van der Waals surface area contributed by atoms with Crippen LogP contribution in [0.1, 0.15) is 25.8 Å². The van der Waals surface area contributed by atoms with E-state index in [2.05, 4.69) is 9.97 Å². The van der Waals surface area contributed by atoms with E-state index in [9.17, 15) is 23.4 Å². The summed E-state index contributed by atoms with van der Waals surface area (Å²) in [7, 11) is 0. The average Bonchev–Trinajstić information content (AvgIpc) is 3.17. The summed E-state index contributed by atoms with van der Waals surface area (Å²) in [5.74, 6) is -5.33. The molecule has 2 aliphatic rings. The third-order valence-corrected chi connectivity index (χ3v) is 4.83. The second-order valence-electron chi connectivity index (χ2n) is 7.16. The number of hydrogen-bond acceptors (Lipinski definition) is 7. The SMILES string of the molecule is Cc1ncnc2c1ccn2[C@@H]1O[C@H](C(O)(O)C(F)(F)F)[C@H]2OC(C)(C)O[C@H]21. The summed E-state index contributed by atoms with van der Waals surface area (Å²) < 4.78 is 57.8. The van der Waals surface area contributed by atoms with Gasteiger partial charge in [0.15, 0.2) is 18.1 Å². The standard InChI is InChI=1S/C16H18F3N3O5/c1-7-8-4-5-22(12(8)21-6-20-7)13-10-9(26-14(2,3)27-10)11(25-13)15(23,24)16(17,18)19/h4-6,9-11,13,23-24H,1-3H3/t9-,10+,11-,13+/m0/s1. The molecule has 2 saturated heterocycles. The first-order valence-electron chi connectivity index (χ1n) is 8.23. The zero-order chi connectivity index (χ0) is 19.8. The van der Waals surface area contributed by atoms with E-state index < -0.39 is 42.3 Å². The molecule has 2 aromatic heterocycles. The third kappa shape index (κ3) is 2.72. The molecule has 148 valence electrons. The fourth-order valence-electron chi connectivity index (χ4n) is 3.59. The molecular formula is C16H18F3N3O5. The molecule has 2 aromatic rings. The Morgan fingerprint density at radius 1 is 1.15 bits per heavy atom. The smallest absolute Gasteiger partial charge is 0.357 e. The van der Waals surface area contributed by atoms with Crippen LogP contribution in [0.5, 0.6) is 0 Å². The van der Waals surface area contributed by atoms with Crippen LogP contribution in [0.15, 0.2) is 18.6 Å². The fraction of sp³-hybridized carbons (Fsp3) is 0.625. The van der Waals surface area contributed by atoms with Crippen molar-refractivity contribution in [1.29, 1.82) is 0 Å². The maximum atomic E-state index is 13.2. The summed E-state index contributed by atoms with van der Waals surface area (Å²) in [5.41, 5.74) is 1.11. The Morgan fingerprint density at radius 3 is 2.48 bits per heavy atom. The highest BCUT2D eigenvalue weighted by Crippen LogP contribution is 2.49. The van der Waals surface area contributed by atoms with E-state index in [0.717, 1.165) is 0 Å². The molecule has 0 radical (unpaired) electrons. The minimum absolute atomic E-state index is 0.425. The van der Waals surface area contributed by atoms with E-state index in [1.807, 2.05) is 0 Å². The Balaban J connectivity index is 1.79. The molecular weight excluding hydrogens is 371 g/mol. The van der Waals surface area contributed by atoms with E-state index in [1.54, 1.807) is 19.2 Å². The number of aromatic nitrogens is 3. The summed E-state index contributed by atoms with van der Waals surface area (Å²) in [6.45, 7) is 4.83. The molecule has 0 aromatic carbocycles. The van der Waals surface area contributed by atoms with Gasteiger partial charge in [0.05, 0.1) is 5.69 Å². The summed E-state index contributed by atoms with van der Waals surface area (Å²) in [5, 5.41) is 20.2. The van der Waals surface area contributed by atoms with Gasteiger partial charge >= 0.3 is 6.18 Å². The Morgan fingerprint density at radius 2 is 1.81 bits per heavy atom. The lowest BCUT2D eigenvalue weighted by atomic mass is 10.0. The van der Waals surface area contributed by atoms with Gasteiger partial charge in [0.25, 0.3) is 5.79 Å². The molecule has 4 heterocycles. The summed E-state index contributed by atoms with van der Waals surface area (Å²) >= 11 is 0. The highest BCUT2D eigenvalue weighted by molar-refractivity contribution is 5.78. The molecule has 2 fully saturated rings. The van der Waals surface area contributed by atoms with Gasteiger partial charge < -0.3 is 29.0 Å². The quantitative estimate of drug-likeness (QED) is 0.749. The predicted octanol–water partition coefficient (Wildman–Crippen LogP) is 1.40. The van der Waals surface area contributed by atoms with Crippen molar-refractivity contribution in [2.45, 2.75) is 63.1 Å². The van der Waals surface area contributed by atoms with E-state index >= 15 is 0 Å². The lowest BCUT2D eigenvalue weighted by Gasteiger charge is -2.33. The molecule has 4 rings (SSSR count). The third-order valence-electron chi connectivity index (χ3n) is 4.83. The highest BCUT2D eigenvalue weighted by Gasteiger charge is 2.69. The van der Waals surface area contributed by atoms with Crippen LogP contribution in [0.3, 0.4) is 0 Å². The van der Waals surface area contributed by atoms with Crippen molar-refractivity contribution in [1.82, 2.24) is 14.5 Å². The van der Waals surface area contributed by atoms with E-state index in [1.165, 1.54) is 24.7 Å². The van der Waals surface area contributed by atoms with Crippen molar-refractivity contribution in [3.05, 3.63) is 24.3 Å². The van der Waals surface area contributed by atoms with Crippen molar-refractivity contribution in [3.8, 4) is 0 Å². The molecule has 2 N–H and O–H groups in total. The number of hydrogen-bond donors (Lipinski definition) is 2. The van der Waals surface area contributed by atoms with Gasteiger partial charge in [-0.05, 0) is 26.8 Å². The number of alkyl halides is 3. The zero-order valence-electron chi connectivity index (χ0n) is 14.6. The number of halogens is 3. The van der Waals surface area contributed by atoms with E-state index in [-0.39, 0.29) is 0 Å². The van der Waals surface area contributed by atoms with Gasteiger partial charge in [0.2, 0.25) is 0 Å². The second-order valence-corrected chi connectivity index (χ2v) is 7.16. The molecule has 2 aliphatic heterocycles. The Bertz CT molecular complexity index is 882. The van der Waals surface area contributed by atoms with Crippen LogP contribution in [0.2, 0.25) is 0 Å². The highest BCUT2D eigenvalue weighted by atomic mass is 19.4. The number of rotatable bonds is 2. The Kier molecular flexibility index (Phi) is 3.86. The number of nitrogens with zero attached hydrogens (tertiary/aromatic N) is 3. The molecule has 4 atom stereocenters. The molecule has 0 aliphatic carbocycles. The van der Waals surface area contributed by atoms with Gasteiger partial charge in [0.1, 0.15) is 24.2 Å². The van der Waals surface area contributed by atoms with Crippen molar-refractivity contribution in [2.24, 2.45) is 0 Å². The van der Waals surface area contributed by atoms with Crippen LogP contribution in [0.25, 0.3) is 11.0 Å². The molecule has 0 bridgehead atoms. The van der Waals surface area contributed by atoms with Crippen LogP contribution < -0.4 is 0 Å². The number of ether oxygens (including phenoxy) is 3. The van der Waals surface area contributed by atoms with Gasteiger partial charge in [-0.3, -0.25) is 0 Å². The maximum absolute atomic E-state index is 13.2. The molecule has 11 heteroatoms. The van der Waals surface area contributed by atoms with Crippen molar-refractivity contribution in [3.63, 3.8) is 0 Å². The van der Waals surface area contributed by atoms with E-state index in [0.29, 0.717) is 16.7 Å². The van der Waals surface area contributed by atoms with Crippen LogP contribution in [0, 0.1) is 6.92 Å². The number of aliphatic hydroxyl groups is 2. The van der Waals surface area contributed by atoms with Gasteiger partial charge in [-0.15, -0.1) is 0 Å². The summed E-state index contributed by atoms with van der Waals surface area (Å²) in [4.78, 5) is 8.23. The monoisotopic (exact) mass is 389 g/mol. The lowest BCUT2D eigenvalue weighted by molar-refractivity contribution is -0.391. The van der Waals surface area contributed by atoms with Crippen LogP contribution in [-0.2, 0) is 14.2 Å². The first-order chi connectivity index (χ1) is 12.4. The van der Waals surface area contributed by atoms with Crippen LogP contribution >= 0.6 is 0 Å². The van der Waals surface area contributed by atoms with Crippen molar-refractivity contribution < 1.29 is 37.6 Å². The Labute approximate surface area is 151 Å². The summed E-state index contributed by atoms with van der Waals surface area (Å²) in [6, 6.07) is 1.70. The van der Waals surface area contributed by atoms with Gasteiger partial charge in [-0.25, -0.2) is 9.97 Å². The molecule has 0 amide bonds. The molecule has 0 spiro atoms. The van der Waals surface area contributed by atoms with Gasteiger partial charge in [-0.2, -0.15) is 13.2 Å². The molecule has 8 nitrogen and oxygen atoms in total. The average molecular weight is 389 g/mol. The first kappa shape index (κ1) is 18.6. The van der Waals surface area contributed by atoms with Crippen LogP contribution in [-0.4, -0.2) is 60.8 Å². The minimum atomic E-state index is -5.34. The number of aryl methyl sites for hydroxylation is 1. The topological polar surface area (TPSA) is 98.9 Å². The van der Waals surface area contributed by atoms with Crippen molar-refractivity contribution >= 4 is 11.0 Å². The maximum Gasteiger partial charge on any atom is 0.445 e. The lowest BCUT2D eigenvalue weighted by Crippen LogP contribution is -2.58. The number of fused-ring (bicyclic) bond motifs is 2. The normalized spacial score (nSPS) is 30.8. The van der Waals surface area contributed by atoms with E-state index in [4.69, 9.17) is 14.2 Å². The van der Waals surface area contributed by atoms with Gasteiger partial charge in [0, 0.05) is 11.6 Å². The Hall–Kier alpha value is -1.79. The molecule has 0 unspecified atom stereocenters. The molecule has 27 heavy (non-hydrogen) atoms.